The summed E-state index contributed by atoms with van der Waals surface area (Å²) >= 11 is 0. The predicted molar refractivity (Wildman–Crippen MR) is 127 cm³/mol. The van der Waals surface area contributed by atoms with Crippen molar-refractivity contribution in [2.24, 2.45) is 5.92 Å². The van der Waals surface area contributed by atoms with Crippen LogP contribution < -0.4 is 4.74 Å². The number of carbonyl (C=O) groups is 1. The molecule has 0 aliphatic heterocycles. The molecule has 4 nitrogen and oxygen atoms in total. The minimum atomic E-state index is -1.51. The monoisotopic (exact) mass is 430 g/mol. The maximum Gasteiger partial charge on any atom is 0.207 e. The second-order valence-electron chi connectivity index (χ2n) is 9.48. The molecule has 1 aliphatic rings. The molecule has 160 valence electrons. The zero-order valence-electron chi connectivity index (χ0n) is 18.6. The minimum absolute atomic E-state index is 0.0895. The van der Waals surface area contributed by atoms with Crippen molar-refractivity contribution >= 4 is 19.4 Å². The van der Waals surface area contributed by atoms with Crippen molar-refractivity contribution in [2.45, 2.75) is 57.8 Å². The van der Waals surface area contributed by atoms with Gasteiger partial charge < -0.3 is 4.74 Å². The van der Waals surface area contributed by atoms with Gasteiger partial charge in [-0.3, -0.25) is 4.79 Å². The summed E-state index contributed by atoms with van der Waals surface area (Å²) in [5.41, 5.74) is 6.72. The number of benzene rings is 1. The summed E-state index contributed by atoms with van der Waals surface area (Å²) in [6.45, 7) is 7.07. The Hall–Kier alpha value is -2.84. The Labute approximate surface area is 185 Å². The fourth-order valence-electron chi connectivity index (χ4n) is 4.14. The van der Waals surface area contributed by atoms with Gasteiger partial charge >= 0.3 is 0 Å². The lowest BCUT2D eigenvalue weighted by molar-refractivity contribution is -0.118. The number of fused-ring (bicyclic) bond motifs is 1. The molecule has 1 saturated carbocycles. The fourth-order valence-corrected chi connectivity index (χ4v) is 4.64. The quantitative estimate of drug-likeness (QED) is 0.389. The normalized spacial score (nSPS) is 18.9. The molecule has 2 heterocycles. The molecular formula is C26H30N2O2Si. The second-order valence-corrected chi connectivity index (χ2v) is 14.2. The van der Waals surface area contributed by atoms with Crippen LogP contribution in [0, 0.1) is 17.4 Å². The summed E-state index contributed by atoms with van der Waals surface area (Å²) in [6, 6.07) is 14.2. The van der Waals surface area contributed by atoms with Crippen molar-refractivity contribution in [1.82, 2.24) is 9.61 Å². The fraction of sp³-hybridized carbons (Fsp3) is 0.385. The van der Waals surface area contributed by atoms with E-state index < -0.39 is 8.07 Å². The summed E-state index contributed by atoms with van der Waals surface area (Å²) in [6.07, 6.45) is 7.76. The number of rotatable bonds is 5. The van der Waals surface area contributed by atoms with Crippen LogP contribution in [-0.2, 0) is 11.4 Å². The van der Waals surface area contributed by atoms with Gasteiger partial charge in [0.2, 0.25) is 5.78 Å². The maximum atomic E-state index is 12.5. The highest BCUT2D eigenvalue weighted by atomic mass is 28.3. The number of hydrogen-bond donors (Lipinski definition) is 0. The molecule has 0 saturated heterocycles. The molecule has 1 fully saturated rings. The van der Waals surface area contributed by atoms with Crippen molar-refractivity contribution in [3.63, 3.8) is 0 Å². The molecule has 0 bridgehead atoms. The summed E-state index contributed by atoms with van der Waals surface area (Å²) in [4.78, 5) is 12.5. The highest BCUT2D eigenvalue weighted by Gasteiger charge is 2.28. The van der Waals surface area contributed by atoms with E-state index in [2.05, 4.69) is 54.4 Å². The van der Waals surface area contributed by atoms with Gasteiger partial charge in [0.1, 0.15) is 20.4 Å². The van der Waals surface area contributed by atoms with Gasteiger partial charge in [0.25, 0.3) is 0 Å². The largest absolute Gasteiger partial charge is 0.489 e. The zero-order valence-corrected chi connectivity index (χ0v) is 19.6. The molecule has 3 aromatic rings. The Morgan fingerprint density at radius 1 is 1.13 bits per heavy atom. The first-order valence-electron chi connectivity index (χ1n) is 11.1. The summed E-state index contributed by atoms with van der Waals surface area (Å²) in [5.74, 6) is 4.45. The van der Waals surface area contributed by atoms with Gasteiger partial charge in [0.15, 0.2) is 0 Å². The molecule has 0 atom stereocenters. The number of hydrogen-bond acceptors (Lipinski definition) is 3. The number of pyridine rings is 1. The molecule has 0 radical (unpaired) electrons. The van der Waals surface area contributed by atoms with Gasteiger partial charge in [0.05, 0.1) is 11.7 Å². The van der Waals surface area contributed by atoms with Crippen LogP contribution in [0.1, 0.15) is 42.7 Å². The highest BCUT2D eigenvalue weighted by molar-refractivity contribution is 6.84. The van der Waals surface area contributed by atoms with Crippen LogP contribution in [0.15, 0.2) is 54.9 Å². The van der Waals surface area contributed by atoms with Crippen LogP contribution in [0.4, 0.5) is 0 Å². The molecule has 4 rings (SSSR count). The van der Waals surface area contributed by atoms with Crippen LogP contribution in [0.3, 0.4) is 0 Å². The molecular weight excluding hydrogens is 400 g/mol. The van der Waals surface area contributed by atoms with E-state index in [1.165, 1.54) is 5.56 Å². The lowest BCUT2D eigenvalue weighted by atomic mass is 9.77. The Bertz CT molecular complexity index is 1110. The standard InChI is InChI=1S/C26H30N2O2Si/c1-31(2,3)16-14-26(29)22-11-9-21(10-12-22)24-18-27-28-15-13-23(17-25(24)28)30-19-20-7-5-4-6-8-20/h4-8,13,15,17-18,21-22H,9-12,19H2,1-3H3. The Morgan fingerprint density at radius 3 is 2.58 bits per heavy atom. The number of nitrogens with zero attached hydrogens (tertiary/aromatic N) is 2. The third-order valence-corrected chi connectivity index (χ3v) is 6.74. The summed E-state index contributed by atoms with van der Waals surface area (Å²) in [5, 5.41) is 4.54. The second kappa shape index (κ2) is 9.11. The van der Waals surface area contributed by atoms with Crippen LogP contribution in [0.25, 0.3) is 5.52 Å². The molecule has 1 aromatic carbocycles. The predicted octanol–water partition coefficient (Wildman–Crippen LogP) is 5.64. The molecule has 31 heavy (non-hydrogen) atoms. The van der Waals surface area contributed by atoms with Gasteiger partial charge in [-0.25, -0.2) is 4.52 Å². The van der Waals surface area contributed by atoms with E-state index in [1.807, 2.05) is 41.2 Å². The zero-order chi connectivity index (χ0) is 21.8. The van der Waals surface area contributed by atoms with Crippen molar-refractivity contribution in [2.75, 3.05) is 0 Å². The lowest BCUT2D eigenvalue weighted by Crippen LogP contribution is -2.22. The SMILES string of the molecule is C[Si](C)(C)C#CC(=O)C1CCC(c2cnn3ccc(OCc4ccccc4)cc23)CC1. The van der Waals surface area contributed by atoms with Crippen molar-refractivity contribution in [1.29, 1.82) is 0 Å². The topological polar surface area (TPSA) is 43.6 Å². The Balaban J connectivity index is 1.43. The van der Waals surface area contributed by atoms with Gasteiger partial charge in [-0.2, -0.15) is 5.10 Å². The summed E-state index contributed by atoms with van der Waals surface area (Å²) < 4.78 is 7.94. The van der Waals surface area contributed by atoms with Gasteiger partial charge in [-0.05, 0) is 49.2 Å². The van der Waals surface area contributed by atoms with Gasteiger partial charge in [0, 0.05) is 23.7 Å². The first kappa shape index (κ1) is 21.4. The lowest BCUT2D eigenvalue weighted by Gasteiger charge is -2.26. The number of aromatic nitrogens is 2. The Kier molecular flexibility index (Phi) is 6.29. The third-order valence-electron chi connectivity index (χ3n) is 5.87. The molecule has 0 N–H and O–H groups in total. The molecule has 0 spiro atoms. The number of carbonyl (C=O) groups excluding carboxylic acids is 1. The van der Waals surface area contributed by atoms with E-state index in [1.54, 1.807) is 0 Å². The van der Waals surface area contributed by atoms with E-state index in [0.717, 1.165) is 42.5 Å². The first-order valence-corrected chi connectivity index (χ1v) is 14.6. The van der Waals surface area contributed by atoms with Crippen molar-refractivity contribution in [3.05, 3.63) is 66.0 Å². The molecule has 0 unspecified atom stereocenters. The average molecular weight is 431 g/mol. The minimum Gasteiger partial charge on any atom is -0.489 e. The van der Waals surface area contributed by atoms with Crippen molar-refractivity contribution < 1.29 is 9.53 Å². The number of ether oxygens (including phenoxy) is 1. The van der Waals surface area contributed by atoms with E-state index in [4.69, 9.17) is 4.74 Å². The molecule has 1 aliphatic carbocycles. The van der Waals surface area contributed by atoms with Crippen LogP contribution in [0.2, 0.25) is 19.6 Å². The smallest absolute Gasteiger partial charge is 0.207 e. The van der Waals surface area contributed by atoms with Crippen molar-refractivity contribution in [3.8, 4) is 17.2 Å². The molecule has 0 amide bonds. The van der Waals surface area contributed by atoms with E-state index in [0.29, 0.717) is 12.5 Å². The van der Waals surface area contributed by atoms with E-state index in [-0.39, 0.29) is 11.7 Å². The average Bonchev–Trinajstić information content (AvgIpc) is 3.19. The number of Topliss-reactive ketones (excluding diaryl/α,β-unsaturated/α-hetero) is 1. The van der Waals surface area contributed by atoms with E-state index >= 15 is 0 Å². The van der Waals surface area contributed by atoms with Crippen LogP contribution >= 0.6 is 0 Å². The molecule has 5 heteroatoms. The summed E-state index contributed by atoms with van der Waals surface area (Å²) in [7, 11) is -1.51. The molecule has 2 aromatic heterocycles. The number of ketones is 1. The maximum absolute atomic E-state index is 12.5. The van der Waals surface area contributed by atoms with Crippen LogP contribution in [-0.4, -0.2) is 23.5 Å². The van der Waals surface area contributed by atoms with E-state index in [9.17, 15) is 4.79 Å². The first-order chi connectivity index (χ1) is 14.9. The highest BCUT2D eigenvalue weighted by Crippen LogP contribution is 2.38. The third kappa shape index (κ3) is 5.45. The van der Waals surface area contributed by atoms with Crippen LogP contribution in [0.5, 0.6) is 5.75 Å². The Morgan fingerprint density at radius 2 is 1.87 bits per heavy atom. The van der Waals surface area contributed by atoms with Gasteiger partial charge in [-0.1, -0.05) is 50.0 Å². The van der Waals surface area contributed by atoms with Gasteiger partial charge in [-0.15, -0.1) is 5.54 Å².